The van der Waals surface area contributed by atoms with Crippen molar-refractivity contribution in [2.24, 2.45) is 4.99 Å². The molecule has 4 rings (SSSR count). The van der Waals surface area contributed by atoms with Gasteiger partial charge in [0, 0.05) is 5.56 Å². The Kier molecular flexibility index (Phi) is 5.29. The molecule has 1 N–H and O–H groups in total. The first-order valence-corrected chi connectivity index (χ1v) is 9.36. The first-order valence-electron chi connectivity index (χ1n) is 9.36. The molecule has 0 aliphatic carbocycles. The summed E-state index contributed by atoms with van der Waals surface area (Å²) in [7, 11) is 0. The van der Waals surface area contributed by atoms with Gasteiger partial charge in [-0.25, -0.2) is 9.38 Å². The Labute approximate surface area is 179 Å². The van der Waals surface area contributed by atoms with Crippen molar-refractivity contribution >= 4 is 17.6 Å². The number of carbonyl (C=O) groups is 2. The lowest BCUT2D eigenvalue weighted by molar-refractivity contribution is -0.196. The van der Waals surface area contributed by atoms with Crippen molar-refractivity contribution in [1.82, 2.24) is 10.2 Å². The van der Waals surface area contributed by atoms with Gasteiger partial charge in [-0.2, -0.15) is 13.2 Å². The molecule has 2 amide bonds. The lowest BCUT2D eigenvalue weighted by atomic mass is 10.1. The molecule has 164 valence electrons. The van der Waals surface area contributed by atoms with E-state index >= 15 is 0 Å². The number of furan rings is 1. The van der Waals surface area contributed by atoms with Gasteiger partial charge in [0.25, 0.3) is 11.8 Å². The predicted octanol–water partition coefficient (Wildman–Crippen LogP) is 3.90. The zero-order valence-corrected chi connectivity index (χ0v) is 16.3. The molecule has 1 aromatic heterocycles. The lowest BCUT2D eigenvalue weighted by Gasteiger charge is -2.29. The Balaban J connectivity index is 1.82. The van der Waals surface area contributed by atoms with Gasteiger partial charge in [0.2, 0.25) is 0 Å². The summed E-state index contributed by atoms with van der Waals surface area (Å²) < 4.78 is 62.1. The average Bonchev–Trinajstić information content (AvgIpc) is 3.37. The number of hydrogen-bond acceptors (Lipinski definition) is 4. The van der Waals surface area contributed by atoms with Gasteiger partial charge in [0.15, 0.2) is 0 Å². The monoisotopic (exact) mass is 445 g/mol. The van der Waals surface area contributed by atoms with Gasteiger partial charge in [-0.15, -0.1) is 0 Å². The zero-order chi connectivity index (χ0) is 22.9. The van der Waals surface area contributed by atoms with Crippen molar-refractivity contribution in [2.45, 2.75) is 18.4 Å². The normalized spacial score (nSPS) is 18.6. The average molecular weight is 445 g/mol. The van der Waals surface area contributed by atoms with Crippen molar-refractivity contribution in [3.63, 3.8) is 0 Å². The molecule has 1 unspecified atom stereocenters. The van der Waals surface area contributed by atoms with Gasteiger partial charge in [0.05, 0.1) is 18.4 Å². The highest BCUT2D eigenvalue weighted by Gasteiger charge is 2.67. The second-order valence-corrected chi connectivity index (χ2v) is 6.91. The zero-order valence-electron chi connectivity index (χ0n) is 16.3. The molecule has 0 saturated carbocycles. The summed E-state index contributed by atoms with van der Waals surface area (Å²) in [5.41, 5.74) is -4.06. The summed E-state index contributed by atoms with van der Waals surface area (Å²) in [6.45, 7) is -0.354. The summed E-state index contributed by atoms with van der Waals surface area (Å²) >= 11 is 0. The van der Waals surface area contributed by atoms with Crippen LogP contribution in [0.5, 0.6) is 0 Å². The number of nitrogens with one attached hydrogen (secondary N) is 1. The van der Waals surface area contributed by atoms with E-state index in [9.17, 15) is 27.2 Å². The molecule has 6 nitrogen and oxygen atoms in total. The Morgan fingerprint density at radius 2 is 1.72 bits per heavy atom. The van der Waals surface area contributed by atoms with E-state index in [1.807, 2.05) is 0 Å². The van der Waals surface area contributed by atoms with Crippen LogP contribution in [0.25, 0.3) is 0 Å². The van der Waals surface area contributed by atoms with Crippen molar-refractivity contribution in [1.29, 1.82) is 0 Å². The third-order valence-electron chi connectivity index (χ3n) is 4.83. The second kappa shape index (κ2) is 7.95. The van der Waals surface area contributed by atoms with Crippen LogP contribution in [-0.2, 0) is 11.3 Å². The number of benzene rings is 2. The number of amidine groups is 1. The highest BCUT2D eigenvalue weighted by atomic mass is 19.4. The van der Waals surface area contributed by atoms with E-state index in [-0.39, 0.29) is 23.7 Å². The van der Waals surface area contributed by atoms with Crippen molar-refractivity contribution in [3.05, 3.63) is 95.7 Å². The molecule has 32 heavy (non-hydrogen) atoms. The minimum atomic E-state index is -5.32. The Morgan fingerprint density at radius 3 is 2.34 bits per heavy atom. The van der Waals surface area contributed by atoms with Gasteiger partial charge < -0.3 is 9.73 Å². The van der Waals surface area contributed by atoms with E-state index in [1.165, 1.54) is 42.7 Å². The first-order chi connectivity index (χ1) is 15.2. The number of halogens is 4. The minimum Gasteiger partial charge on any atom is -0.467 e. The Morgan fingerprint density at radius 1 is 1.03 bits per heavy atom. The third kappa shape index (κ3) is 3.64. The molecule has 1 aliphatic rings. The molecule has 0 spiro atoms. The van der Waals surface area contributed by atoms with Crippen LogP contribution in [0.4, 0.5) is 17.6 Å². The van der Waals surface area contributed by atoms with Crippen LogP contribution >= 0.6 is 0 Å². The van der Waals surface area contributed by atoms with Crippen LogP contribution in [-0.4, -0.2) is 34.4 Å². The van der Waals surface area contributed by atoms with Crippen LogP contribution in [0.1, 0.15) is 21.7 Å². The fourth-order valence-corrected chi connectivity index (χ4v) is 3.29. The molecule has 0 fully saturated rings. The summed E-state index contributed by atoms with van der Waals surface area (Å²) in [6, 6.07) is 15.3. The number of alkyl halides is 3. The largest absolute Gasteiger partial charge is 0.467 e. The van der Waals surface area contributed by atoms with Crippen molar-refractivity contribution in [2.75, 3.05) is 0 Å². The maximum atomic E-state index is 14.3. The summed E-state index contributed by atoms with van der Waals surface area (Å²) in [5.74, 6) is -4.10. The first kappa shape index (κ1) is 21.3. The SMILES string of the molecule is O=C(NC1(C(F)(F)F)N=C(c2ccccc2)N(Cc2ccco2)C1=O)c1ccccc1F. The third-order valence-corrected chi connectivity index (χ3v) is 4.83. The lowest BCUT2D eigenvalue weighted by Crippen LogP contribution is -2.63. The number of nitrogens with zero attached hydrogens (tertiary/aromatic N) is 2. The predicted molar refractivity (Wildman–Crippen MR) is 105 cm³/mol. The minimum absolute atomic E-state index is 0.209. The molecular weight excluding hydrogens is 430 g/mol. The molecule has 10 heteroatoms. The summed E-state index contributed by atoms with van der Waals surface area (Å²) in [6.07, 6.45) is -4.00. The van der Waals surface area contributed by atoms with E-state index in [4.69, 9.17) is 4.42 Å². The molecule has 0 bridgehead atoms. The molecule has 0 saturated heterocycles. The fraction of sp³-hybridized carbons (Fsp3) is 0.136. The van der Waals surface area contributed by atoms with Gasteiger partial charge in [-0.3, -0.25) is 14.5 Å². The maximum absolute atomic E-state index is 14.3. The number of hydrogen-bond donors (Lipinski definition) is 1. The van der Waals surface area contributed by atoms with Gasteiger partial charge >= 0.3 is 11.8 Å². The summed E-state index contributed by atoms with van der Waals surface area (Å²) in [5, 5.41) is 1.64. The molecule has 2 heterocycles. The Bertz CT molecular complexity index is 1180. The fourth-order valence-electron chi connectivity index (χ4n) is 3.29. The van der Waals surface area contributed by atoms with Crippen LogP contribution in [0.2, 0.25) is 0 Å². The molecular formula is C22H15F4N3O3. The number of carbonyl (C=O) groups excluding carboxylic acids is 2. The highest BCUT2D eigenvalue weighted by molar-refractivity contribution is 6.16. The molecule has 0 radical (unpaired) electrons. The van der Waals surface area contributed by atoms with Gasteiger partial charge in [0.1, 0.15) is 17.4 Å². The van der Waals surface area contributed by atoms with Crippen LogP contribution in [0.3, 0.4) is 0 Å². The van der Waals surface area contributed by atoms with Crippen molar-refractivity contribution in [3.8, 4) is 0 Å². The van der Waals surface area contributed by atoms with Gasteiger partial charge in [-0.05, 0) is 24.3 Å². The number of aliphatic imine (C=N–C) groups is 1. The summed E-state index contributed by atoms with van der Waals surface area (Å²) in [4.78, 5) is 30.2. The van der Waals surface area contributed by atoms with E-state index in [0.29, 0.717) is 0 Å². The Hall–Kier alpha value is -3.95. The maximum Gasteiger partial charge on any atom is 0.442 e. The smallest absolute Gasteiger partial charge is 0.442 e. The number of rotatable bonds is 5. The van der Waals surface area contributed by atoms with E-state index in [0.717, 1.165) is 17.0 Å². The van der Waals surface area contributed by atoms with Crippen molar-refractivity contribution < 1.29 is 31.6 Å². The van der Waals surface area contributed by atoms with E-state index in [1.54, 1.807) is 23.5 Å². The molecule has 1 atom stereocenters. The van der Waals surface area contributed by atoms with Crippen LogP contribution in [0.15, 0.2) is 82.4 Å². The second-order valence-electron chi connectivity index (χ2n) is 6.91. The van der Waals surface area contributed by atoms with Crippen LogP contribution in [0, 0.1) is 5.82 Å². The molecule has 2 aromatic carbocycles. The van der Waals surface area contributed by atoms with E-state index in [2.05, 4.69) is 4.99 Å². The topological polar surface area (TPSA) is 74.9 Å². The highest BCUT2D eigenvalue weighted by Crippen LogP contribution is 2.39. The quantitative estimate of drug-likeness (QED) is 0.606. The van der Waals surface area contributed by atoms with E-state index < -0.39 is 35.0 Å². The standard InChI is InChI=1S/C22H15F4N3O3/c23-17-11-5-4-10-16(17)19(30)28-21(22(24,25)26)20(31)29(13-15-9-6-12-32-15)18(27-21)14-7-2-1-3-8-14/h1-12H,13H2,(H,28,30). The molecule has 3 aromatic rings. The molecule has 1 aliphatic heterocycles. The van der Waals surface area contributed by atoms with Gasteiger partial charge in [-0.1, -0.05) is 42.5 Å². The van der Waals surface area contributed by atoms with Crippen LogP contribution < -0.4 is 5.32 Å². The number of amides is 2.